The second-order valence-corrected chi connectivity index (χ2v) is 10.9. The number of rotatable bonds is 14. The Bertz CT molecular complexity index is 1680. The van der Waals surface area contributed by atoms with Gasteiger partial charge in [-0.25, -0.2) is 9.18 Å². The van der Waals surface area contributed by atoms with Crippen LogP contribution in [0.4, 0.5) is 17.6 Å². The van der Waals surface area contributed by atoms with Crippen LogP contribution >= 0.6 is 0 Å². The maximum Gasteiger partial charge on any atom is 0.573 e. The maximum atomic E-state index is 15.4. The normalized spacial score (nSPS) is 13.1. The number of aryl methyl sites for hydroxylation is 1. The molecule has 0 bridgehead atoms. The molecule has 0 saturated heterocycles. The van der Waals surface area contributed by atoms with Gasteiger partial charge in [-0.3, -0.25) is 9.56 Å². The summed E-state index contributed by atoms with van der Waals surface area (Å²) in [4.78, 5) is 23.9. The van der Waals surface area contributed by atoms with Crippen molar-refractivity contribution in [3.05, 3.63) is 76.1 Å². The molecule has 10 nitrogen and oxygen atoms in total. The lowest BCUT2D eigenvalue weighted by Gasteiger charge is -2.18. The fourth-order valence-electron chi connectivity index (χ4n) is 5.08. The molecule has 2 heterocycles. The van der Waals surface area contributed by atoms with Gasteiger partial charge in [0, 0.05) is 35.8 Å². The zero-order chi connectivity index (χ0) is 32.7. The number of halogens is 4. The fourth-order valence-corrected chi connectivity index (χ4v) is 5.08. The summed E-state index contributed by atoms with van der Waals surface area (Å²) in [6, 6.07) is 11.5. The molecule has 242 valence electrons. The first-order chi connectivity index (χ1) is 21.3. The Balaban J connectivity index is 1.61. The largest absolute Gasteiger partial charge is 0.573 e. The monoisotopic (exact) mass is 630 g/mol. The van der Waals surface area contributed by atoms with Crippen molar-refractivity contribution >= 4 is 17.0 Å². The van der Waals surface area contributed by atoms with Gasteiger partial charge >= 0.3 is 12.1 Å². The Morgan fingerprint density at radius 1 is 1.16 bits per heavy atom. The molecule has 45 heavy (non-hydrogen) atoms. The minimum absolute atomic E-state index is 0.0613. The van der Waals surface area contributed by atoms with E-state index in [4.69, 9.17) is 17.2 Å². The van der Waals surface area contributed by atoms with Crippen molar-refractivity contribution in [1.29, 1.82) is 0 Å². The Morgan fingerprint density at radius 2 is 1.89 bits per heavy atom. The summed E-state index contributed by atoms with van der Waals surface area (Å²) in [7, 11) is 0. The van der Waals surface area contributed by atoms with Crippen LogP contribution < -0.4 is 32.9 Å². The van der Waals surface area contributed by atoms with Crippen molar-refractivity contribution in [3.63, 3.8) is 0 Å². The van der Waals surface area contributed by atoms with Crippen molar-refractivity contribution in [2.24, 2.45) is 22.2 Å². The van der Waals surface area contributed by atoms with Gasteiger partial charge in [0.1, 0.15) is 5.65 Å². The Hall–Kier alpha value is -4.43. The molecule has 0 amide bonds. The van der Waals surface area contributed by atoms with E-state index in [1.165, 1.54) is 16.7 Å². The van der Waals surface area contributed by atoms with Crippen LogP contribution in [0, 0.1) is 5.82 Å². The SMILES string of the molecule is CC[C@H](NCCCN=C(N)N)c1ccc(-n2cc3cc(-c4cc(CCC[C@H](C)N)cc(OC(F)(F)F)c4F)[nH]c3nc2=O)cc1. The average Bonchev–Trinajstić information content (AvgIpc) is 3.37. The number of aliphatic imine (C=N–C) groups is 1. The third-order valence-corrected chi connectivity index (χ3v) is 7.25. The number of nitrogens with one attached hydrogen (secondary N) is 2. The number of nitrogens with zero attached hydrogens (tertiary/aromatic N) is 3. The average molecular weight is 631 g/mol. The lowest BCUT2D eigenvalue weighted by Crippen LogP contribution is -2.25. The summed E-state index contributed by atoms with van der Waals surface area (Å²) in [6.07, 6.45) is -0.321. The predicted octanol–water partition coefficient (Wildman–Crippen LogP) is 4.79. The van der Waals surface area contributed by atoms with E-state index < -0.39 is 23.6 Å². The molecular weight excluding hydrogens is 592 g/mol. The number of aromatic nitrogens is 3. The highest BCUT2D eigenvalue weighted by Gasteiger charge is 2.33. The van der Waals surface area contributed by atoms with Crippen LogP contribution in [0.15, 0.2) is 58.4 Å². The zero-order valence-electron chi connectivity index (χ0n) is 25.1. The van der Waals surface area contributed by atoms with E-state index in [9.17, 15) is 18.0 Å². The molecule has 2 aromatic carbocycles. The number of benzene rings is 2. The number of aromatic amines is 1. The van der Waals surface area contributed by atoms with Crippen LogP contribution in [-0.2, 0) is 6.42 Å². The summed E-state index contributed by atoms with van der Waals surface area (Å²) in [6.45, 7) is 5.13. The van der Waals surface area contributed by atoms with Gasteiger partial charge < -0.3 is 32.2 Å². The quantitative estimate of drug-likeness (QED) is 0.0579. The summed E-state index contributed by atoms with van der Waals surface area (Å²) in [5.74, 6) is -2.06. The molecule has 0 unspecified atom stereocenters. The highest BCUT2D eigenvalue weighted by molar-refractivity contribution is 5.83. The second-order valence-electron chi connectivity index (χ2n) is 10.9. The molecule has 4 aromatic rings. The third kappa shape index (κ3) is 9.05. The number of H-pyrrole nitrogens is 1. The molecule has 0 aliphatic heterocycles. The lowest BCUT2D eigenvalue weighted by molar-refractivity contribution is -0.275. The van der Waals surface area contributed by atoms with Crippen LogP contribution in [-0.4, -0.2) is 46.0 Å². The number of nitrogens with two attached hydrogens (primary N) is 3. The molecule has 0 aliphatic carbocycles. The molecular formula is C31H38F4N8O2. The van der Waals surface area contributed by atoms with Crippen LogP contribution in [0.3, 0.4) is 0 Å². The lowest BCUT2D eigenvalue weighted by atomic mass is 10.0. The number of guanidine groups is 1. The van der Waals surface area contributed by atoms with Gasteiger partial charge in [-0.1, -0.05) is 19.1 Å². The summed E-state index contributed by atoms with van der Waals surface area (Å²) >= 11 is 0. The Kier molecular flexibility index (Phi) is 10.8. The number of fused-ring (bicyclic) bond motifs is 1. The highest BCUT2D eigenvalue weighted by Crippen LogP contribution is 2.35. The standard InChI is InChI=1S/C31H38F4N8O2/c1-3-24(39-12-5-13-40-29(37)38)20-8-10-22(11-9-20)43-17-21-16-25(41-28(21)42-30(43)44)23-14-19(7-4-6-18(2)36)15-26(27(23)32)45-31(33,34)35/h8-11,14-18,24,39H,3-7,12-13,36H2,1-2H3,(H4,37,38,40)(H,41,42,44)/t18-,24-/m0/s1. The van der Waals surface area contributed by atoms with Gasteiger partial charge in [0.2, 0.25) is 0 Å². The minimum Gasteiger partial charge on any atom is -0.403 e. The van der Waals surface area contributed by atoms with E-state index in [0.29, 0.717) is 49.0 Å². The van der Waals surface area contributed by atoms with Gasteiger partial charge in [0.15, 0.2) is 17.5 Å². The van der Waals surface area contributed by atoms with E-state index in [1.807, 2.05) is 19.1 Å². The first kappa shape index (κ1) is 33.5. The zero-order valence-corrected chi connectivity index (χ0v) is 25.1. The van der Waals surface area contributed by atoms with E-state index >= 15 is 4.39 Å². The van der Waals surface area contributed by atoms with Gasteiger partial charge in [0.05, 0.1) is 11.4 Å². The molecule has 0 fully saturated rings. The van der Waals surface area contributed by atoms with Gasteiger partial charge in [-0.2, -0.15) is 4.98 Å². The van der Waals surface area contributed by atoms with Gasteiger partial charge in [0.25, 0.3) is 0 Å². The summed E-state index contributed by atoms with van der Waals surface area (Å²) in [5.41, 5.74) is 18.2. The van der Waals surface area contributed by atoms with Crippen LogP contribution in [0.25, 0.3) is 28.0 Å². The maximum absolute atomic E-state index is 15.4. The molecule has 4 rings (SSSR count). The highest BCUT2D eigenvalue weighted by atomic mass is 19.4. The van der Waals surface area contributed by atoms with Crippen molar-refractivity contribution < 1.29 is 22.3 Å². The number of alkyl halides is 3. The van der Waals surface area contributed by atoms with Crippen LogP contribution in [0.2, 0.25) is 0 Å². The summed E-state index contributed by atoms with van der Waals surface area (Å²) < 4.78 is 60.0. The topological polar surface area (TPSA) is 162 Å². The first-order valence-corrected chi connectivity index (χ1v) is 14.7. The number of ether oxygens (including phenoxy) is 1. The predicted molar refractivity (Wildman–Crippen MR) is 167 cm³/mol. The van der Waals surface area contributed by atoms with Crippen molar-refractivity contribution in [3.8, 4) is 22.7 Å². The minimum atomic E-state index is -5.08. The van der Waals surface area contributed by atoms with Crippen molar-refractivity contribution in [2.75, 3.05) is 13.1 Å². The van der Waals surface area contributed by atoms with Crippen LogP contribution in [0.5, 0.6) is 5.75 Å². The number of hydrogen-bond acceptors (Lipinski definition) is 6. The van der Waals surface area contributed by atoms with Gasteiger partial charge in [-0.05, 0) is 87.0 Å². The molecule has 0 spiro atoms. The Labute approximate surface area is 257 Å². The van der Waals surface area contributed by atoms with E-state index in [-0.39, 0.29) is 34.9 Å². The molecule has 0 saturated carbocycles. The fraction of sp³-hybridized carbons (Fsp3) is 0.387. The molecule has 0 aliphatic rings. The Morgan fingerprint density at radius 3 is 2.53 bits per heavy atom. The summed E-state index contributed by atoms with van der Waals surface area (Å²) in [5, 5.41) is 3.93. The molecule has 2 aromatic heterocycles. The van der Waals surface area contributed by atoms with E-state index in [1.54, 1.807) is 18.3 Å². The second kappa shape index (κ2) is 14.6. The molecule has 14 heteroatoms. The number of hydrogen-bond donors (Lipinski definition) is 5. The van der Waals surface area contributed by atoms with Gasteiger partial charge in [-0.15, -0.1) is 13.2 Å². The van der Waals surface area contributed by atoms with Crippen LogP contribution in [0.1, 0.15) is 56.7 Å². The molecule has 8 N–H and O–H groups in total. The van der Waals surface area contributed by atoms with Crippen molar-refractivity contribution in [1.82, 2.24) is 19.9 Å². The molecule has 0 radical (unpaired) electrons. The van der Waals surface area contributed by atoms with Crippen molar-refractivity contribution in [2.45, 2.75) is 64.4 Å². The smallest absolute Gasteiger partial charge is 0.403 e. The van der Waals surface area contributed by atoms with E-state index in [2.05, 4.69) is 31.9 Å². The third-order valence-electron chi connectivity index (χ3n) is 7.25. The first-order valence-electron chi connectivity index (χ1n) is 14.7. The molecule has 2 atom stereocenters. The van der Waals surface area contributed by atoms with E-state index in [0.717, 1.165) is 24.5 Å².